The van der Waals surface area contributed by atoms with E-state index in [9.17, 15) is 4.79 Å². The maximum atomic E-state index is 13.8. The molecule has 0 radical (unpaired) electrons. The van der Waals surface area contributed by atoms with Gasteiger partial charge in [0.05, 0.1) is 28.0 Å². The topological polar surface area (TPSA) is 64.2 Å². The fraction of sp³-hybridized carbons (Fsp3) is 0.381. The van der Waals surface area contributed by atoms with Crippen molar-refractivity contribution in [1.82, 2.24) is 19.8 Å². The Balaban J connectivity index is 1.79. The molecule has 0 bridgehead atoms. The minimum absolute atomic E-state index is 0.122. The van der Waals surface area contributed by atoms with Crippen molar-refractivity contribution in [2.24, 2.45) is 7.05 Å². The first kappa shape index (κ1) is 20.0. The third kappa shape index (κ3) is 3.67. The van der Waals surface area contributed by atoms with Crippen LogP contribution in [0.5, 0.6) is 0 Å². The van der Waals surface area contributed by atoms with Crippen LogP contribution < -0.4 is 0 Å². The average molecular weight is 433 g/mol. The van der Waals surface area contributed by atoms with Gasteiger partial charge in [0, 0.05) is 19.2 Å². The number of carbonyl (C=O) groups excluding carboxylic acids is 1. The van der Waals surface area contributed by atoms with Gasteiger partial charge in [-0.3, -0.25) is 9.48 Å². The highest BCUT2D eigenvalue weighted by Gasteiger charge is 2.34. The monoisotopic (exact) mass is 432 g/mol. The minimum atomic E-state index is -0.154. The molecule has 1 amide bonds. The summed E-state index contributed by atoms with van der Waals surface area (Å²) in [5, 5.41) is 9.53. The molecule has 4 rings (SSSR count). The van der Waals surface area contributed by atoms with Crippen molar-refractivity contribution in [2.75, 3.05) is 6.54 Å². The lowest BCUT2D eigenvalue weighted by Crippen LogP contribution is -2.36. The van der Waals surface area contributed by atoms with Gasteiger partial charge in [0.1, 0.15) is 17.0 Å². The first-order valence-corrected chi connectivity index (χ1v) is 10.4. The summed E-state index contributed by atoms with van der Waals surface area (Å²) in [4.78, 5) is 15.7. The number of rotatable bonds is 3. The summed E-state index contributed by atoms with van der Waals surface area (Å²) in [6, 6.07) is 7.17. The molecule has 1 aliphatic rings. The van der Waals surface area contributed by atoms with E-state index in [4.69, 9.17) is 27.7 Å². The number of aryl methyl sites for hydroxylation is 2. The van der Waals surface area contributed by atoms with Crippen molar-refractivity contribution >= 4 is 29.1 Å². The fourth-order valence-electron chi connectivity index (χ4n) is 4.04. The van der Waals surface area contributed by atoms with Crippen LogP contribution in [-0.4, -0.2) is 32.3 Å². The number of hydrogen-bond acceptors (Lipinski definition) is 4. The lowest BCUT2D eigenvalue weighted by atomic mass is 10.0. The van der Waals surface area contributed by atoms with Crippen molar-refractivity contribution in [3.05, 3.63) is 57.5 Å². The molecular weight excluding hydrogens is 411 g/mol. The van der Waals surface area contributed by atoms with Gasteiger partial charge in [-0.25, -0.2) is 0 Å². The standard InChI is InChI=1S/C21H22Cl2N4O2/c1-13-18(19(25-29-13)14-8-5-6-9-15(14)22)21(28)27-11-7-3-4-10-17(27)20-16(23)12-24-26(20)2/h5-6,8-9,12,17H,3-4,7,10-11H2,1-2H3/t17-/m1/s1. The van der Waals surface area contributed by atoms with E-state index in [1.54, 1.807) is 23.9 Å². The van der Waals surface area contributed by atoms with E-state index >= 15 is 0 Å². The molecule has 0 saturated carbocycles. The summed E-state index contributed by atoms with van der Waals surface area (Å²) >= 11 is 12.8. The van der Waals surface area contributed by atoms with Gasteiger partial charge < -0.3 is 9.42 Å². The normalized spacial score (nSPS) is 17.4. The molecule has 1 aliphatic heterocycles. The van der Waals surface area contributed by atoms with Gasteiger partial charge in [0.15, 0.2) is 0 Å². The van der Waals surface area contributed by atoms with Crippen LogP contribution in [0.1, 0.15) is 53.5 Å². The van der Waals surface area contributed by atoms with E-state index in [2.05, 4.69) is 10.3 Å². The Morgan fingerprint density at radius 3 is 2.69 bits per heavy atom. The quantitative estimate of drug-likeness (QED) is 0.551. The van der Waals surface area contributed by atoms with Gasteiger partial charge in [-0.1, -0.05) is 59.4 Å². The van der Waals surface area contributed by atoms with Crippen LogP contribution in [0.3, 0.4) is 0 Å². The third-order valence-electron chi connectivity index (χ3n) is 5.47. The molecule has 1 atom stereocenters. The molecule has 152 valence electrons. The molecule has 1 aromatic carbocycles. The number of amides is 1. The molecule has 0 aliphatic carbocycles. The number of hydrogen-bond donors (Lipinski definition) is 0. The summed E-state index contributed by atoms with van der Waals surface area (Å²) in [5.74, 6) is 0.354. The van der Waals surface area contributed by atoms with E-state index in [1.165, 1.54) is 0 Å². The largest absolute Gasteiger partial charge is 0.360 e. The second-order valence-electron chi connectivity index (χ2n) is 7.31. The van der Waals surface area contributed by atoms with Crippen LogP contribution in [0.4, 0.5) is 0 Å². The molecule has 8 heteroatoms. The van der Waals surface area contributed by atoms with Crippen LogP contribution in [0.15, 0.2) is 35.0 Å². The predicted molar refractivity (Wildman–Crippen MR) is 112 cm³/mol. The van der Waals surface area contributed by atoms with Gasteiger partial charge in [-0.15, -0.1) is 0 Å². The van der Waals surface area contributed by atoms with E-state index < -0.39 is 0 Å². The Labute approximate surface area is 179 Å². The average Bonchev–Trinajstić information content (AvgIpc) is 3.14. The fourth-order valence-corrected chi connectivity index (χ4v) is 4.55. The molecule has 29 heavy (non-hydrogen) atoms. The molecule has 1 fully saturated rings. The van der Waals surface area contributed by atoms with Crippen LogP contribution >= 0.6 is 23.2 Å². The van der Waals surface area contributed by atoms with Gasteiger partial charge in [-0.2, -0.15) is 5.10 Å². The number of halogens is 2. The molecule has 0 unspecified atom stereocenters. The zero-order valence-corrected chi connectivity index (χ0v) is 17.9. The lowest BCUT2D eigenvalue weighted by molar-refractivity contribution is 0.0672. The number of carbonyl (C=O) groups is 1. The SMILES string of the molecule is Cc1onc(-c2ccccc2Cl)c1C(=O)N1CCCCC[C@@H]1c1c(Cl)cnn1C. The van der Waals surface area contributed by atoms with Crippen LogP contribution in [0.25, 0.3) is 11.3 Å². The van der Waals surface area contributed by atoms with E-state index in [-0.39, 0.29) is 11.9 Å². The Morgan fingerprint density at radius 1 is 1.17 bits per heavy atom. The molecule has 3 heterocycles. The number of likely N-dealkylation sites (tertiary alicyclic amines) is 1. The Morgan fingerprint density at radius 2 is 1.97 bits per heavy atom. The number of aromatic nitrogens is 3. The maximum absolute atomic E-state index is 13.8. The van der Waals surface area contributed by atoms with Crippen molar-refractivity contribution < 1.29 is 9.32 Å². The predicted octanol–water partition coefficient (Wildman–Crippen LogP) is 5.45. The number of nitrogens with zero attached hydrogens (tertiary/aromatic N) is 4. The summed E-state index contributed by atoms with van der Waals surface area (Å²) in [7, 11) is 1.86. The van der Waals surface area contributed by atoms with Crippen LogP contribution in [0.2, 0.25) is 10.0 Å². The molecule has 0 spiro atoms. The highest BCUT2D eigenvalue weighted by atomic mass is 35.5. The summed E-state index contributed by atoms with van der Waals surface area (Å²) in [6.07, 6.45) is 5.48. The van der Waals surface area contributed by atoms with Crippen LogP contribution in [-0.2, 0) is 7.05 Å². The van der Waals surface area contributed by atoms with Crippen LogP contribution in [0, 0.1) is 6.92 Å². The van der Waals surface area contributed by atoms with Crippen molar-refractivity contribution in [3.63, 3.8) is 0 Å². The first-order valence-electron chi connectivity index (χ1n) is 9.68. The highest BCUT2D eigenvalue weighted by molar-refractivity contribution is 6.33. The second kappa shape index (κ2) is 8.20. The summed E-state index contributed by atoms with van der Waals surface area (Å²) < 4.78 is 7.18. The molecule has 2 aromatic heterocycles. The molecule has 6 nitrogen and oxygen atoms in total. The zero-order chi connectivity index (χ0) is 20.5. The van der Waals surface area contributed by atoms with Crippen molar-refractivity contribution in [1.29, 1.82) is 0 Å². The summed E-state index contributed by atoms with van der Waals surface area (Å²) in [5.41, 5.74) is 2.45. The van der Waals surface area contributed by atoms with Gasteiger partial charge in [-0.05, 0) is 25.8 Å². The lowest BCUT2D eigenvalue weighted by Gasteiger charge is -2.30. The molecule has 3 aromatic rings. The minimum Gasteiger partial charge on any atom is -0.360 e. The Kier molecular flexibility index (Phi) is 5.65. The molecule has 0 N–H and O–H groups in total. The smallest absolute Gasteiger partial charge is 0.260 e. The Bertz CT molecular complexity index is 1020. The number of benzene rings is 1. The molecule has 1 saturated heterocycles. The maximum Gasteiger partial charge on any atom is 0.260 e. The van der Waals surface area contributed by atoms with Gasteiger partial charge >= 0.3 is 0 Å². The van der Waals surface area contributed by atoms with Gasteiger partial charge in [0.25, 0.3) is 5.91 Å². The zero-order valence-electron chi connectivity index (χ0n) is 16.4. The highest BCUT2D eigenvalue weighted by Crippen LogP contribution is 2.37. The Hall–Kier alpha value is -2.31. The third-order valence-corrected chi connectivity index (χ3v) is 6.09. The second-order valence-corrected chi connectivity index (χ2v) is 8.12. The van der Waals surface area contributed by atoms with E-state index in [0.717, 1.165) is 31.4 Å². The van der Waals surface area contributed by atoms with Crippen molar-refractivity contribution in [3.8, 4) is 11.3 Å². The van der Waals surface area contributed by atoms with E-state index in [0.29, 0.717) is 39.2 Å². The van der Waals surface area contributed by atoms with Gasteiger partial charge in [0.2, 0.25) is 0 Å². The van der Waals surface area contributed by atoms with E-state index in [1.807, 2.05) is 30.1 Å². The van der Waals surface area contributed by atoms with Crippen molar-refractivity contribution in [2.45, 2.75) is 38.6 Å². The first-order chi connectivity index (χ1) is 14.0. The summed E-state index contributed by atoms with van der Waals surface area (Å²) in [6.45, 7) is 2.39. The molecular formula is C21H22Cl2N4O2.